The lowest BCUT2D eigenvalue weighted by atomic mass is 10.1. The van der Waals surface area contributed by atoms with Gasteiger partial charge in [-0.25, -0.2) is 4.98 Å². The minimum Gasteiger partial charge on any atom is -0.472 e. The average molecular weight is 301 g/mol. The number of nitrogens with zero attached hydrogens (tertiary/aromatic N) is 2. The van der Waals surface area contributed by atoms with Gasteiger partial charge in [-0.2, -0.15) is 0 Å². The van der Waals surface area contributed by atoms with Crippen LogP contribution in [0.2, 0.25) is 5.15 Å². The number of carbonyl (C=O) groups is 1. The molecule has 0 saturated heterocycles. The number of benzene rings is 1. The molecule has 5 heteroatoms. The third-order valence-electron chi connectivity index (χ3n) is 3.26. The van der Waals surface area contributed by atoms with Crippen LogP contribution < -0.4 is 0 Å². The maximum absolute atomic E-state index is 12.4. The number of hydrogen-bond acceptors (Lipinski definition) is 3. The molecule has 0 aliphatic rings. The number of halogens is 1. The van der Waals surface area contributed by atoms with Crippen molar-refractivity contribution in [1.82, 2.24) is 9.88 Å². The lowest BCUT2D eigenvalue weighted by molar-refractivity contribution is 0.0779. The van der Waals surface area contributed by atoms with Crippen molar-refractivity contribution in [2.24, 2.45) is 0 Å². The van der Waals surface area contributed by atoms with Gasteiger partial charge in [0, 0.05) is 24.5 Å². The Hall–Kier alpha value is -2.33. The summed E-state index contributed by atoms with van der Waals surface area (Å²) in [5.41, 5.74) is 1.27. The van der Waals surface area contributed by atoms with E-state index in [-0.39, 0.29) is 5.91 Å². The summed E-state index contributed by atoms with van der Waals surface area (Å²) >= 11 is 6.16. The molecule has 0 aliphatic heterocycles. The smallest absolute Gasteiger partial charge is 0.272 e. The van der Waals surface area contributed by atoms with Crippen LogP contribution in [0.4, 0.5) is 0 Å². The third kappa shape index (κ3) is 2.76. The van der Waals surface area contributed by atoms with E-state index in [1.165, 1.54) is 0 Å². The Morgan fingerprint density at radius 2 is 2.14 bits per heavy atom. The summed E-state index contributed by atoms with van der Waals surface area (Å²) in [4.78, 5) is 18.2. The van der Waals surface area contributed by atoms with Crippen LogP contribution in [0.15, 0.2) is 53.3 Å². The predicted molar refractivity (Wildman–Crippen MR) is 81.3 cm³/mol. The van der Waals surface area contributed by atoms with E-state index in [1.54, 1.807) is 30.5 Å². The van der Waals surface area contributed by atoms with Gasteiger partial charge in [-0.05, 0) is 17.5 Å². The number of carbonyl (C=O) groups excluding carboxylic acids is 1. The van der Waals surface area contributed by atoms with Crippen molar-refractivity contribution in [2.75, 3.05) is 7.05 Å². The fourth-order valence-electron chi connectivity index (χ4n) is 2.19. The second-order valence-electron chi connectivity index (χ2n) is 4.81. The fraction of sp³-hybridized carbons (Fsp3) is 0.125. The normalized spacial score (nSPS) is 10.8. The van der Waals surface area contributed by atoms with Gasteiger partial charge in [0.25, 0.3) is 5.91 Å². The second-order valence-corrected chi connectivity index (χ2v) is 5.17. The second kappa shape index (κ2) is 5.58. The molecule has 0 fully saturated rings. The van der Waals surface area contributed by atoms with Gasteiger partial charge in [-0.15, -0.1) is 0 Å². The van der Waals surface area contributed by atoms with Gasteiger partial charge >= 0.3 is 0 Å². The first-order chi connectivity index (χ1) is 10.1. The minimum absolute atomic E-state index is 0.177. The van der Waals surface area contributed by atoms with Gasteiger partial charge in [0.15, 0.2) is 0 Å². The molecule has 1 amide bonds. The van der Waals surface area contributed by atoms with E-state index in [4.69, 9.17) is 16.0 Å². The van der Waals surface area contributed by atoms with Gasteiger partial charge in [0.05, 0.1) is 12.5 Å². The van der Waals surface area contributed by atoms with E-state index in [1.807, 2.05) is 30.3 Å². The highest BCUT2D eigenvalue weighted by Gasteiger charge is 2.16. The summed E-state index contributed by atoms with van der Waals surface area (Å²) in [7, 11) is 1.72. The number of furan rings is 1. The molecule has 4 nitrogen and oxygen atoms in total. The molecule has 0 bridgehead atoms. The van der Waals surface area contributed by atoms with Crippen LogP contribution in [0.25, 0.3) is 10.8 Å². The van der Waals surface area contributed by atoms with E-state index < -0.39 is 0 Å². The average Bonchev–Trinajstić information content (AvgIpc) is 2.99. The quantitative estimate of drug-likeness (QED) is 0.692. The van der Waals surface area contributed by atoms with Gasteiger partial charge in [-0.1, -0.05) is 35.9 Å². The highest BCUT2D eigenvalue weighted by Crippen LogP contribution is 2.23. The van der Waals surface area contributed by atoms with Crippen LogP contribution >= 0.6 is 11.6 Å². The molecular weight excluding hydrogens is 288 g/mol. The van der Waals surface area contributed by atoms with Gasteiger partial charge < -0.3 is 9.32 Å². The Morgan fingerprint density at radius 3 is 2.90 bits per heavy atom. The zero-order valence-corrected chi connectivity index (χ0v) is 12.2. The first kappa shape index (κ1) is 13.6. The molecule has 106 valence electrons. The maximum Gasteiger partial charge on any atom is 0.272 e. The molecule has 0 radical (unpaired) electrons. The molecule has 3 rings (SSSR count). The largest absolute Gasteiger partial charge is 0.472 e. The molecule has 21 heavy (non-hydrogen) atoms. The van der Waals surface area contributed by atoms with E-state index in [2.05, 4.69) is 4.98 Å². The Labute approximate surface area is 127 Å². The summed E-state index contributed by atoms with van der Waals surface area (Å²) in [6, 6.07) is 11.2. The Balaban J connectivity index is 1.90. The number of amides is 1. The van der Waals surface area contributed by atoms with Crippen LogP contribution in [-0.2, 0) is 6.54 Å². The molecule has 0 saturated carbocycles. The van der Waals surface area contributed by atoms with Crippen molar-refractivity contribution in [3.05, 3.63) is 65.3 Å². The number of rotatable bonds is 3. The molecule has 0 N–H and O–H groups in total. The van der Waals surface area contributed by atoms with Crippen molar-refractivity contribution < 1.29 is 9.21 Å². The van der Waals surface area contributed by atoms with Crippen LogP contribution in [0.1, 0.15) is 16.1 Å². The Bertz CT molecular complexity index is 784. The van der Waals surface area contributed by atoms with Crippen molar-refractivity contribution in [1.29, 1.82) is 0 Å². The molecule has 1 aromatic carbocycles. The molecule has 0 unspecified atom stereocenters. The number of aromatic nitrogens is 1. The molecule has 0 aliphatic carbocycles. The molecule has 3 aromatic rings. The monoisotopic (exact) mass is 300 g/mol. The van der Waals surface area contributed by atoms with Crippen LogP contribution in [0.5, 0.6) is 0 Å². The molecule has 0 atom stereocenters. The van der Waals surface area contributed by atoms with Crippen LogP contribution in [0.3, 0.4) is 0 Å². The highest BCUT2D eigenvalue weighted by atomic mass is 35.5. The van der Waals surface area contributed by atoms with E-state index in [9.17, 15) is 4.79 Å². The standard InChI is InChI=1S/C16H13ClN2O2/c1-19(9-11-6-7-21-10-11)16(20)14-8-12-4-2-3-5-13(12)15(17)18-14/h2-8,10H,9H2,1H3. The number of hydrogen-bond donors (Lipinski definition) is 0. The lowest BCUT2D eigenvalue weighted by Crippen LogP contribution is -2.26. The summed E-state index contributed by atoms with van der Waals surface area (Å²) in [5, 5.41) is 2.08. The van der Waals surface area contributed by atoms with Crippen molar-refractivity contribution >= 4 is 28.3 Å². The zero-order valence-electron chi connectivity index (χ0n) is 11.4. The van der Waals surface area contributed by atoms with Crippen molar-refractivity contribution in [3.63, 3.8) is 0 Å². The first-order valence-corrected chi connectivity index (χ1v) is 6.85. The van der Waals surface area contributed by atoms with E-state index >= 15 is 0 Å². The van der Waals surface area contributed by atoms with E-state index in [0.29, 0.717) is 17.4 Å². The predicted octanol–water partition coefficient (Wildman–Crippen LogP) is 3.75. The first-order valence-electron chi connectivity index (χ1n) is 6.47. The number of pyridine rings is 1. The molecular formula is C16H13ClN2O2. The van der Waals surface area contributed by atoms with Crippen molar-refractivity contribution in [2.45, 2.75) is 6.54 Å². The van der Waals surface area contributed by atoms with Crippen molar-refractivity contribution in [3.8, 4) is 0 Å². The fourth-order valence-corrected chi connectivity index (χ4v) is 2.45. The summed E-state index contributed by atoms with van der Waals surface area (Å²) in [5.74, 6) is -0.177. The zero-order chi connectivity index (χ0) is 14.8. The molecule has 2 heterocycles. The van der Waals surface area contributed by atoms with Gasteiger partial charge in [-0.3, -0.25) is 4.79 Å². The minimum atomic E-state index is -0.177. The summed E-state index contributed by atoms with van der Waals surface area (Å²) in [6.07, 6.45) is 3.20. The topological polar surface area (TPSA) is 46.3 Å². The summed E-state index contributed by atoms with van der Waals surface area (Å²) < 4.78 is 5.00. The van der Waals surface area contributed by atoms with Gasteiger partial charge in [0.1, 0.15) is 10.8 Å². The maximum atomic E-state index is 12.4. The Kier molecular flexibility index (Phi) is 3.62. The van der Waals surface area contributed by atoms with Gasteiger partial charge in [0.2, 0.25) is 0 Å². The Morgan fingerprint density at radius 1 is 1.33 bits per heavy atom. The summed E-state index contributed by atoms with van der Waals surface area (Å²) in [6.45, 7) is 0.460. The lowest BCUT2D eigenvalue weighted by Gasteiger charge is -2.16. The van der Waals surface area contributed by atoms with Crippen LogP contribution in [0, 0.1) is 0 Å². The highest BCUT2D eigenvalue weighted by molar-refractivity contribution is 6.34. The SMILES string of the molecule is CN(Cc1ccoc1)C(=O)c1cc2ccccc2c(Cl)n1. The van der Waals surface area contributed by atoms with E-state index in [0.717, 1.165) is 16.3 Å². The van der Waals surface area contributed by atoms with Crippen LogP contribution in [-0.4, -0.2) is 22.8 Å². The number of fused-ring (bicyclic) bond motifs is 1. The molecule has 2 aromatic heterocycles. The third-order valence-corrected chi connectivity index (χ3v) is 3.55. The molecule has 0 spiro atoms.